The summed E-state index contributed by atoms with van der Waals surface area (Å²) in [6.07, 6.45) is 1.94. The molecule has 0 atom stereocenters. The van der Waals surface area contributed by atoms with Gasteiger partial charge in [-0.05, 0) is 44.5 Å². The lowest BCUT2D eigenvalue weighted by Crippen LogP contribution is -2.05. The Balaban J connectivity index is 2.04. The van der Waals surface area contributed by atoms with Crippen LogP contribution in [0.4, 0.5) is 0 Å². The lowest BCUT2D eigenvalue weighted by atomic mass is 10.2. The molecule has 3 aromatic rings. The molecule has 2 aromatic heterocycles. The fraction of sp³-hybridized carbons (Fsp3) is 0.250. The molecule has 20 heavy (non-hydrogen) atoms. The van der Waals surface area contributed by atoms with Crippen molar-refractivity contribution in [2.24, 2.45) is 0 Å². The number of H-pyrrole nitrogens is 1. The Morgan fingerprint density at radius 1 is 1.20 bits per heavy atom. The number of aromatic nitrogens is 3. The second-order valence-electron chi connectivity index (χ2n) is 5.11. The Labute approximate surface area is 117 Å². The van der Waals surface area contributed by atoms with Gasteiger partial charge >= 0.3 is 0 Å². The van der Waals surface area contributed by atoms with Gasteiger partial charge in [0.1, 0.15) is 11.6 Å². The zero-order chi connectivity index (χ0) is 14.1. The molecule has 0 bridgehead atoms. The number of fused-ring (bicyclic) bond motifs is 1. The zero-order valence-corrected chi connectivity index (χ0v) is 11.8. The van der Waals surface area contributed by atoms with Crippen LogP contribution < -0.4 is 4.74 Å². The van der Waals surface area contributed by atoms with Crippen LogP contribution in [-0.4, -0.2) is 21.1 Å². The van der Waals surface area contributed by atoms with Crippen molar-refractivity contribution >= 4 is 11.2 Å². The van der Waals surface area contributed by atoms with Crippen molar-refractivity contribution in [1.29, 1.82) is 0 Å². The Morgan fingerprint density at radius 2 is 2.05 bits per heavy atom. The average molecular weight is 267 g/mol. The van der Waals surface area contributed by atoms with E-state index in [1.54, 1.807) is 6.20 Å². The Morgan fingerprint density at radius 3 is 2.80 bits per heavy atom. The van der Waals surface area contributed by atoms with Crippen LogP contribution in [-0.2, 0) is 0 Å². The van der Waals surface area contributed by atoms with Crippen LogP contribution in [0.15, 0.2) is 36.5 Å². The molecule has 1 N–H and O–H groups in total. The number of pyridine rings is 1. The number of hydrogen-bond donors (Lipinski definition) is 1. The highest BCUT2D eigenvalue weighted by Gasteiger charge is 2.09. The van der Waals surface area contributed by atoms with Crippen LogP contribution in [0, 0.1) is 6.92 Å². The molecular weight excluding hydrogens is 250 g/mol. The molecule has 0 radical (unpaired) electrons. The first-order valence-electron chi connectivity index (χ1n) is 6.72. The highest BCUT2D eigenvalue weighted by molar-refractivity contribution is 5.78. The van der Waals surface area contributed by atoms with E-state index in [2.05, 4.69) is 15.0 Å². The van der Waals surface area contributed by atoms with Gasteiger partial charge in [0, 0.05) is 11.8 Å². The molecular formula is C16H17N3O. The van der Waals surface area contributed by atoms with Gasteiger partial charge in [0.15, 0.2) is 5.65 Å². The van der Waals surface area contributed by atoms with Gasteiger partial charge in [0.2, 0.25) is 0 Å². The van der Waals surface area contributed by atoms with Gasteiger partial charge in [-0.25, -0.2) is 9.97 Å². The largest absolute Gasteiger partial charge is 0.491 e. The Bertz CT molecular complexity index is 746. The van der Waals surface area contributed by atoms with Crippen molar-refractivity contribution in [1.82, 2.24) is 15.0 Å². The summed E-state index contributed by atoms with van der Waals surface area (Å²) in [4.78, 5) is 12.2. The maximum atomic E-state index is 5.72. The molecule has 0 aliphatic heterocycles. The summed E-state index contributed by atoms with van der Waals surface area (Å²) in [5.74, 6) is 1.67. The van der Waals surface area contributed by atoms with Crippen LogP contribution in [0.3, 0.4) is 0 Å². The number of nitrogens with zero attached hydrogens (tertiary/aromatic N) is 2. The highest BCUT2D eigenvalue weighted by atomic mass is 16.5. The second kappa shape index (κ2) is 4.96. The smallest absolute Gasteiger partial charge is 0.178 e. The van der Waals surface area contributed by atoms with Gasteiger partial charge in [-0.2, -0.15) is 0 Å². The minimum Gasteiger partial charge on any atom is -0.491 e. The monoisotopic (exact) mass is 267 g/mol. The van der Waals surface area contributed by atoms with Crippen molar-refractivity contribution < 1.29 is 4.74 Å². The molecule has 3 rings (SSSR count). The van der Waals surface area contributed by atoms with E-state index < -0.39 is 0 Å². The standard InChI is InChI=1S/C16H17N3O/c1-10(2)20-13-6-4-5-12(9-13)15-18-14-11(3)7-8-17-16(14)19-15/h4-10H,1-3H3,(H,17,18,19). The molecule has 0 fully saturated rings. The molecule has 102 valence electrons. The molecule has 1 aromatic carbocycles. The van der Waals surface area contributed by atoms with Gasteiger partial charge in [0.05, 0.1) is 11.6 Å². The normalized spacial score (nSPS) is 11.2. The topological polar surface area (TPSA) is 50.8 Å². The van der Waals surface area contributed by atoms with Gasteiger partial charge in [0.25, 0.3) is 0 Å². The number of nitrogens with one attached hydrogen (secondary N) is 1. The van der Waals surface area contributed by atoms with Crippen LogP contribution >= 0.6 is 0 Å². The molecule has 2 heterocycles. The summed E-state index contributed by atoms with van der Waals surface area (Å²) in [5, 5.41) is 0. The quantitative estimate of drug-likeness (QED) is 0.786. The minimum atomic E-state index is 0.157. The SMILES string of the molecule is Cc1ccnc2nc(-c3cccc(OC(C)C)c3)[nH]c12. The minimum absolute atomic E-state index is 0.157. The second-order valence-corrected chi connectivity index (χ2v) is 5.11. The van der Waals surface area contributed by atoms with Gasteiger partial charge in [-0.15, -0.1) is 0 Å². The Hall–Kier alpha value is -2.36. The number of benzene rings is 1. The van der Waals surface area contributed by atoms with E-state index in [-0.39, 0.29) is 6.10 Å². The predicted octanol–water partition coefficient (Wildman–Crippen LogP) is 3.72. The van der Waals surface area contributed by atoms with E-state index in [9.17, 15) is 0 Å². The predicted molar refractivity (Wildman–Crippen MR) is 79.8 cm³/mol. The molecule has 0 saturated heterocycles. The number of hydrogen-bond acceptors (Lipinski definition) is 3. The molecule has 0 saturated carbocycles. The van der Waals surface area contributed by atoms with E-state index in [1.807, 2.05) is 51.1 Å². The van der Waals surface area contributed by atoms with Crippen molar-refractivity contribution in [3.63, 3.8) is 0 Å². The van der Waals surface area contributed by atoms with Gasteiger partial charge in [-0.1, -0.05) is 12.1 Å². The molecule has 0 aliphatic carbocycles. The highest BCUT2D eigenvalue weighted by Crippen LogP contribution is 2.24. The molecule has 4 nitrogen and oxygen atoms in total. The van der Waals surface area contributed by atoms with Crippen molar-refractivity contribution in [3.05, 3.63) is 42.1 Å². The molecule has 0 unspecified atom stereocenters. The maximum absolute atomic E-state index is 5.72. The van der Waals surface area contributed by atoms with E-state index in [1.165, 1.54) is 0 Å². The van der Waals surface area contributed by atoms with E-state index >= 15 is 0 Å². The number of aryl methyl sites for hydroxylation is 1. The van der Waals surface area contributed by atoms with Crippen LogP contribution in [0.2, 0.25) is 0 Å². The van der Waals surface area contributed by atoms with E-state index in [0.29, 0.717) is 0 Å². The third-order valence-electron chi connectivity index (χ3n) is 3.08. The first kappa shape index (κ1) is 12.7. The summed E-state index contributed by atoms with van der Waals surface area (Å²) in [6.45, 7) is 6.08. The number of aromatic amines is 1. The lowest BCUT2D eigenvalue weighted by molar-refractivity contribution is 0.242. The third kappa shape index (κ3) is 2.37. The van der Waals surface area contributed by atoms with Crippen molar-refractivity contribution in [2.45, 2.75) is 26.9 Å². The number of rotatable bonds is 3. The summed E-state index contributed by atoms with van der Waals surface area (Å²) < 4.78 is 5.72. The van der Waals surface area contributed by atoms with Crippen LogP contribution in [0.1, 0.15) is 19.4 Å². The molecule has 4 heteroatoms. The summed E-state index contributed by atoms with van der Waals surface area (Å²) in [5.41, 5.74) is 3.87. The average Bonchev–Trinajstić information content (AvgIpc) is 2.84. The first-order valence-corrected chi connectivity index (χ1v) is 6.72. The van der Waals surface area contributed by atoms with Crippen LogP contribution in [0.25, 0.3) is 22.6 Å². The summed E-state index contributed by atoms with van der Waals surface area (Å²) in [7, 11) is 0. The molecule has 0 spiro atoms. The van der Waals surface area contributed by atoms with Crippen molar-refractivity contribution in [3.8, 4) is 17.1 Å². The van der Waals surface area contributed by atoms with Gasteiger partial charge < -0.3 is 9.72 Å². The zero-order valence-electron chi connectivity index (χ0n) is 11.8. The molecule has 0 amide bonds. The first-order chi connectivity index (χ1) is 9.63. The maximum Gasteiger partial charge on any atom is 0.178 e. The van der Waals surface area contributed by atoms with E-state index in [0.717, 1.165) is 33.9 Å². The summed E-state index contributed by atoms with van der Waals surface area (Å²) >= 11 is 0. The molecule has 0 aliphatic rings. The van der Waals surface area contributed by atoms with E-state index in [4.69, 9.17) is 4.74 Å². The Kier molecular flexibility index (Phi) is 3.14. The third-order valence-corrected chi connectivity index (χ3v) is 3.08. The number of imidazole rings is 1. The fourth-order valence-electron chi connectivity index (χ4n) is 2.16. The van der Waals surface area contributed by atoms with Gasteiger partial charge in [-0.3, -0.25) is 0 Å². The fourth-order valence-corrected chi connectivity index (χ4v) is 2.16. The number of ether oxygens (including phenoxy) is 1. The summed E-state index contributed by atoms with van der Waals surface area (Å²) in [6, 6.07) is 9.91. The van der Waals surface area contributed by atoms with Crippen LogP contribution in [0.5, 0.6) is 5.75 Å². The lowest BCUT2D eigenvalue weighted by Gasteiger charge is -2.10. The van der Waals surface area contributed by atoms with Crippen molar-refractivity contribution in [2.75, 3.05) is 0 Å².